The van der Waals surface area contributed by atoms with Gasteiger partial charge in [-0.25, -0.2) is 0 Å². The lowest BCUT2D eigenvalue weighted by Gasteiger charge is -2.39. The smallest absolute Gasteiger partial charge is 0.225 e. The molecule has 2 fully saturated rings. The van der Waals surface area contributed by atoms with Gasteiger partial charge in [0.2, 0.25) is 5.91 Å². The molecule has 5 nitrogen and oxygen atoms in total. The van der Waals surface area contributed by atoms with Gasteiger partial charge in [-0.2, -0.15) is 0 Å². The van der Waals surface area contributed by atoms with Gasteiger partial charge < -0.3 is 9.80 Å². The number of rotatable bonds is 6. The number of hydrogen-bond acceptors (Lipinski definition) is 4. The number of carbonyl (C=O) groups excluding carboxylic acids is 2. The first-order valence-corrected chi connectivity index (χ1v) is 9.63. The Morgan fingerprint density at radius 1 is 0.833 bits per heavy atom. The van der Waals surface area contributed by atoms with E-state index in [1.165, 1.54) is 0 Å². The molecule has 0 radical (unpaired) electrons. The maximum atomic E-state index is 12.0. The number of piperazine rings is 1. The van der Waals surface area contributed by atoms with E-state index in [0.717, 1.165) is 58.7 Å². The lowest BCUT2D eigenvalue weighted by molar-refractivity contribution is -0.136. The van der Waals surface area contributed by atoms with E-state index < -0.39 is 0 Å². The fraction of sp³-hybridized carbons (Fsp3) is 0.895. The molecule has 0 aromatic rings. The van der Waals surface area contributed by atoms with Gasteiger partial charge in [0.1, 0.15) is 5.78 Å². The molecule has 0 atom stereocenters. The molecule has 0 bridgehead atoms. The number of ketones is 1. The van der Waals surface area contributed by atoms with Gasteiger partial charge in [0, 0.05) is 57.6 Å². The maximum absolute atomic E-state index is 12.0. The van der Waals surface area contributed by atoms with Crippen molar-refractivity contribution in [3.05, 3.63) is 0 Å². The van der Waals surface area contributed by atoms with Crippen LogP contribution in [-0.2, 0) is 9.59 Å². The Hall–Kier alpha value is -0.940. The van der Waals surface area contributed by atoms with Crippen LogP contribution in [0.15, 0.2) is 0 Å². The molecule has 24 heavy (non-hydrogen) atoms. The maximum Gasteiger partial charge on any atom is 0.225 e. The van der Waals surface area contributed by atoms with Crippen LogP contribution in [0.2, 0.25) is 0 Å². The van der Waals surface area contributed by atoms with E-state index in [0.29, 0.717) is 24.2 Å². The second-order valence-corrected chi connectivity index (χ2v) is 8.12. The predicted molar refractivity (Wildman–Crippen MR) is 96.9 cm³/mol. The molecule has 2 saturated heterocycles. The fourth-order valence-electron chi connectivity index (χ4n) is 3.60. The summed E-state index contributed by atoms with van der Waals surface area (Å²) in [4.78, 5) is 30.8. The third-order valence-corrected chi connectivity index (χ3v) is 5.42. The number of amides is 1. The lowest BCUT2D eigenvalue weighted by Crippen LogP contribution is -2.50. The van der Waals surface area contributed by atoms with Crippen LogP contribution in [0.4, 0.5) is 0 Å². The van der Waals surface area contributed by atoms with Crippen molar-refractivity contribution in [1.29, 1.82) is 0 Å². The highest BCUT2D eigenvalue weighted by molar-refractivity contribution is 5.82. The standard InChI is InChI=1S/C19H35N3O2/c1-15(2)18(23)14-21-11-9-20(10-12-21)13-17-5-7-22(8-6-17)19(24)16(3)4/h15-17H,5-14H2,1-4H3. The minimum absolute atomic E-state index is 0.114. The number of hydrogen-bond donors (Lipinski definition) is 0. The van der Waals surface area contributed by atoms with E-state index in [-0.39, 0.29) is 11.8 Å². The topological polar surface area (TPSA) is 43.9 Å². The van der Waals surface area contributed by atoms with Gasteiger partial charge in [0.25, 0.3) is 0 Å². The summed E-state index contributed by atoms with van der Waals surface area (Å²) in [5, 5.41) is 0. The highest BCUT2D eigenvalue weighted by Crippen LogP contribution is 2.20. The number of likely N-dealkylation sites (tertiary alicyclic amines) is 1. The van der Waals surface area contributed by atoms with Gasteiger partial charge in [0.05, 0.1) is 6.54 Å². The molecule has 1 amide bonds. The highest BCUT2D eigenvalue weighted by Gasteiger charge is 2.27. The van der Waals surface area contributed by atoms with Gasteiger partial charge in [-0.15, -0.1) is 0 Å². The monoisotopic (exact) mass is 337 g/mol. The summed E-state index contributed by atoms with van der Waals surface area (Å²) in [7, 11) is 0. The molecule has 0 aromatic carbocycles. The van der Waals surface area contributed by atoms with Crippen molar-refractivity contribution >= 4 is 11.7 Å². The summed E-state index contributed by atoms with van der Waals surface area (Å²) in [6.45, 7) is 15.7. The SMILES string of the molecule is CC(C)C(=O)CN1CCN(CC2CCN(C(=O)C(C)C)CC2)CC1. The van der Waals surface area contributed by atoms with Crippen LogP contribution in [-0.4, -0.2) is 78.7 Å². The van der Waals surface area contributed by atoms with Gasteiger partial charge in [-0.1, -0.05) is 27.7 Å². The average Bonchev–Trinajstić information content (AvgIpc) is 2.56. The van der Waals surface area contributed by atoms with E-state index in [1.807, 2.05) is 32.6 Å². The summed E-state index contributed by atoms with van der Waals surface area (Å²) in [6.07, 6.45) is 2.26. The molecule has 2 aliphatic heterocycles. The Morgan fingerprint density at radius 2 is 1.38 bits per heavy atom. The molecular formula is C19H35N3O2. The summed E-state index contributed by atoms with van der Waals surface area (Å²) < 4.78 is 0. The zero-order chi connectivity index (χ0) is 17.7. The van der Waals surface area contributed by atoms with Crippen molar-refractivity contribution in [2.45, 2.75) is 40.5 Å². The summed E-state index contributed by atoms with van der Waals surface area (Å²) in [6, 6.07) is 0. The van der Waals surface area contributed by atoms with Gasteiger partial charge >= 0.3 is 0 Å². The Balaban J connectivity index is 1.66. The highest BCUT2D eigenvalue weighted by atomic mass is 16.2. The van der Waals surface area contributed by atoms with Gasteiger partial charge in [-0.05, 0) is 18.8 Å². The molecule has 0 unspecified atom stereocenters. The number of carbonyl (C=O) groups is 2. The molecular weight excluding hydrogens is 302 g/mol. The van der Waals surface area contributed by atoms with Crippen LogP contribution in [0, 0.1) is 17.8 Å². The minimum Gasteiger partial charge on any atom is -0.342 e. The quantitative estimate of drug-likeness (QED) is 0.740. The fourth-order valence-corrected chi connectivity index (χ4v) is 3.60. The normalized spacial score (nSPS) is 21.7. The van der Waals surface area contributed by atoms with Crippen LogP contribution in [0.1, 0.15) is 40.5 Å². The number of piperidine rings is 1. The van der Waals surface area contributed by atoms with E-state index in [9.17, 15) is 9.59 Å². The predicted octanol–water partition coefficient (Wildman–Crippen LogP) is 1.72. The first-order chi connectivity index (χ1) is 11.4. The molecule has 2 heterocycles. The van der Waals surface area contributed by atoms with Gasteiger partial charge in [0.15, 0.2) is 0 Å². The van der Waals surface area contributed by atoms with Crippen molar-refractivity contribution in [3.8, 4) is 0 Å². The Labute approximate surface area is 147 Å². The molecule has 5 heteroatoms. The molecule has 2 rings (SSSR count). The van der Waals surface area contributed by atoms with Crippen LogP contribution >= 0.6 is 0 Å². The minimum atomic E-state index is 0.114. The van der Waals surface area contributed by atoms with Crippen molar-refractivity contribution in [2.75, 3.05) is 52.4 Å². The molecule has 2 aliphatic rings. The third kappa shape index (κ3) is 5.55. The Bertz CT molecular complexity index is 420. The first-order valence-electron chi connectivity index (χ1n) is 9.63. The molecule has 0 aromatic heterocycles. The van der Waals surface area contributed by atoms with Crippen molar-refractivity contribution in [3.63, 3.8) is 0 Å². The van der Waals surface area contributed by atoms with Crippen LogP contribution in [0.3, 0.4) is 0 Å². The molecule has 138 valence electrons. The van der Waals surface area contributed by atoms with Gasteiger partial charge in [-0.3, -0.25) is 14.5 Å². The van der Waals surface area contributed by atoms with Crippen LogP contribution in [0.25, 0.3) is 0 Å². The van der Waals surface area contributed by atoms with Crippen molar-refractivity contribution in [1.82, 2.24) is 14.7 Å². The number of Topliss-reactive ketones (excluding diaryl/α,β-unsaturated/α-hetero) is 1. The zero-order valence-corrected chi connectivity index (χ0v) is 16.0. The molecule has 0 saturated carbocycles. The molecule has 0 N–H and O–H groups in total. The zero-order valence-electron chi connectivity index (χ0n) is 16.0. The molecule has 0 spiro atoms. The Kier molecular flexibility index (Phi) is 7.23. The van der Waals surface area contributed by atoms with Crippen LogP contribution in [0.5, 0.6) is 0 Å². The van der Waals surface area contributed by atoms with Crippen LogP contribution < -0.4 is 0 Å². The number of nitrogens with zero attached hydrogens (tertiary/aromatic N) is 3. The summed E-state index contributed by atoms with van der Waals surface area (Å²) in [5.74, 6) is 1.62. The lowest BCUT2D eigenvalue weighted by atomic mass is 9.95. The van der Waals surface area contributed by atoms with E-state index >= 15 is 0 Å². The van der Waals surface area contributed by atoms with Crippen molar-refractivity contribution < 1.29 is 9.59 Å². The Morgan fingerprint density at radius 3 is 1.88 bits per heavy atom. The second kappa shape index (κ2) is 8.95. The first kappa shape index (κ1) is 19.4. The summed E-state index contributed by atoms with van der Waals surface area (Å²) in [5.41, 5.74) is 0. The van der Waals surface area contributed by atoms with Crippen molar-refractivity contribution in [2.24, 2.45) is 17.8 Å². The third-order valence-electron chi connectivity index (χ3n) is 5.42. The summed E-state index contributed by atoms with van der Waals surface area (Å²) >= 11 is 0. The second-order valence-electron chi connectivity index (χ2n) is 8.12. The van der Waals surface area contributed by atoms with E-state index in [2.05, 4.69) is 9.80 Å². The molecule has 0 aliphatic carbocycles. The van der Waals surface area contributed by atoms with E-state index in [1.54, 1.807) is 0 Å². The van der Waals surface area contributed by atoms with E-state index in [4.69, 9.17) is 0 Å². The average molecular weight is 338 g/mol. The largest absolute Gasteiger partial charge is 0.342 e.